The van der Waals surface area contributed by atoms with E-state index >= 15 is 0 Å². The molecular formula is C18H19ClN4O5. The van der Waals surface area contributed by atoms with E-state index in [0.29, 0.717) is 21.6 Å². The molecular weight excluding hydrogens is 388 g/mol. The molecule has 1 aromatic carbocycles. The predicted molar refractivity (Wildman–Crippen MR) is 99.9 cm³/mol. The van der Waals surface area contributed by atoms with Crippen molar-refractivity contribution in [2.24, 2.45) is 0 Å². The van der Waals surface area contributed by atoms with Crippen LogP contribution in [-0.2, 0) is 10.3 Å². The van der Waals surface area contributed by atoms with Gasteiger partial charge in [0.2, 0.25) is 0 Å². The Kier molecular flexibility index (Phi) is 4.74. The van der Waals surface area contributed by atoms with Gasteiger partial charge in [-0.1, -0.05) is 23.7 Å². The van der Waals surface area contributed by atoms with Gasteiger partial charge in [-0.25, -0.2) is 9.97 Å². The van der Waals surface area contributed by atoms with Crippen LogP contribution in [0.15, 0.2) is 42.9 Å². The Morgan fingerprint density at radius 2 is 1.86 bits per heavy atom. The maximum atomic E-state index is 11.1. The fourth-order valence-electron chi connectivity index (χ4n) is 3.57. The Bertz CT molecular complexity index is 993. The lowest BCUT2D eigenvalue weighted by Crippen LogP contribution is -2.45. The summed E-state index contributed by atoms with van der Waals surface area (Å²) in [4.78, 5) is 8.07. The summed E-state index contributed by atoms with van der Waals surface area (Å²) in [7, 11) is 0. The minimum atomic E-state index is -1.59. The van der Waals surface area contributed by atoms with Gasteiger partial charge in [0.15, 0.2) is 12.0 Å². The van der Waals surface area contributed by atoms with Gasteiger partial charge in [0.05, 0.1) is 5.39 Å². The molecule has 5 N–H and O–H groups in total. The first-order chi connectivity index (χ1) is 13.3. The molecule has 1 unspecified atom stereocenters. The van der Waals surface area contributed by atoms with Crippen molar-refractivity contribution in [1.29, 1.82) is 0 Å². The van der Waals surface area contributed by atoms with Crippen LogP contribution in [0.2, 0.25) is 5.02 Å². The first kappa shape index (κ1) is 19.1. The molecule has 2 aromatic heterocycles. The Hall–Kier alpha value is -2.27. The van der Waals surface area contributed by atoms with Crippen LogP contribution in [0.5, 0.6) is 0 Å². The molecule has 1 aliphatic rings. The zero-order chi connectivity index (χ0) is 20.1. The second-order valence-corrected chi connectivity index (χ2v) is 7.31. The summed E-state index contributed by atoms with van der Waals surface area (Å²) in [5, 5.41) is 42.5. The first-order valence-corrected chi connectivity index (χ1v) is 8.94. The highest BCUT2D eigenvalue weighted by molar-refractivity contribution is 6.30. The number of fused-ring (bicyclic) bond motifs is 1. The Morgan fingerprint density at radius 3 is 2.54 bits per heavy atom. The van der Waals surface area contributed by atoms with Crippen molar-refractivity contribution < 1.29 is 25.3 Å². The van der Waals surface area contributed by atoms with Crippen LogP contribution in [0.25, 0.3) is 11.0 Å². The van der Waals surface area contributed by atoms with E-state index in [1.807, 2.05) is 5.48 Å². The van der Waals surface area contributed by atoms with Crippen molar-refractivity contribution in [2.75, 3.05) is 5.48 Å². The normalized spacial score (nSPS) is 27.1. The summed E-state index contributed by atoms with van der Waals surface area (Å²) in [6.45, 7) is 1.50. The van der Waals surface area contributed by atoms with E-state index in [-0.39, 0.29) is 5.82 Å². The van der Waals surface area contributed by atoms with Gasteiger partial charge in [0.25, 0.3) is 0 Å². The van der Waals surface area contributed by atoms with E-state index in [9.17, 15) is 20.5 Å². The summed E-state index contributed by atoms with van der Waals surface area (Å²) in [6.07, 6.45) is -1.94. The molecule has 5 atom stereocenters. The standard InChI is InChI=1S/C18H19ClN4O5/c1-18(26,9-2-4-10(19)5-3-9)14-12(24)13(25)17(28-14)23-7-6-11-15(22-27)20-8-21-16(11)23/h2-8,12-14,17,24-27H,1H3,(H,20,21,22)/t12-,13+,14?,17+,18+/m0/s1. The number of aliphatic hydroxyl groups is 3. The molecule has 0 saturated carbocycles. The lowest BCUT2D eigenvalue weighted by Gasteiger charge is -2.32. The lowest BCUT2D eigenvalue weighted by molar-refractivity contribution is -0.135. The zero-order valence-electron chi connectivity index (χ0n) is 14.8. The third-order valence-electron chi connectivity index (χ3n) is 5.11. The maximum absolute atomic E-state index is 11.1. The van der Waals surface area contributed by atoms with Gasteiger partial charge in [-0.3, -0.25) is 10.7 Å². The quantitative estimate of drug-likeness (QED) is 0.411. The minimum Gasteiger partial charge on any atom is -0.387 e. The lowest BCUT2D eigenvalue weighted by atomic mass is 9.87. The van der Waals surface area contributed by atoms with Crippen LogP contribution in [0.1, 0.15) is 18.7 Å². The highest BCUT2D eigenvalue weighted by Gasteiger charge is 2.52. The van der Waals surface area contributed by atoms with Gasteiger partial charge in [-0.15, -0.1) is 0 Å². The molecule has 28 heavy (non-hydrogen) atoms. The van der Waals surface area contributed by atoms with Gasteiger partial charge in [0.1, 0.15) is 35.9 Å². The molecule has 148 valence electrons. The summed E-state index contributed by atoms with van der Waals surface area (Å²) in [5.74, 6) is 0.196. The molecule has 0 spiro atoms. The molecule has 0 radical (unpaired) electrons. The number of anilines is 1. The summed E-state index contributed by atoms with van der Waals surface area (Å²) in [5.41, 5.74) is 1.27. The van der Waals surface area contributed by atoms with Gasteiger partial charge < -0.3 is 24.6 Å². The summed E-state index contributed by atoms with van der Waals surface area (Å²) in [6, 6.07) is 8.16. The van der Waals surface area contributed by atoms with Crippen LogP contribution in [-0.4, -0.2) is 53.4 Å². The molecule has 0 bridgehead atoms. The number of halogens is 1. The van der Waals surface area contributed by atoms with Crippen molar-refractivity contribution in [2.45, 2.75) is 37.1 Å². The number of rotatable bonds is 4. The van der Waals surface area contributed by atoms with E-state index in [0.717, 1.165) is 0 Å². The molecule has 9 nitrogen and oxygen atoms in total. The molecule has 0 amide bonds. The number of aliphatic hydroxyl groups excluding tert-OH is 2. The second kappa shape index (κ2) is 6.96. The molecule has 0 aliphatic carbocycles. The molecule has 1 fully saturated rings. The van der Waals surface area contributed by atoms with Gasteiger partial charge in [-0.2, -0.15) is 0 Å². The highest BCUT2D eigenvalue weighted by atomic mass is 35.5. The van der Waals surface area contributed by atoms with E-state index in [2.05, 4.69) is 9.97 Å². The number of benzene rings is 1. The molecule has 1 aliphatic heterocycles. The molecule has 3 aromatic rings. The summed E-state index contributed by atoms with van der Waals surface area (Å²) < 4.78 is 7.42. The monoisotopic (exact) mass is 406 g/mol. The fraction of sp³-hybridized carbons (Fsp3) is 0.333. The third-order valence-corrected chi connectivity index (χ3v) is 5.36. The van der Waals surface area contributed by atoms with Gasteiger partial charge >= 0.3 is 0 Å². The number of nitrogens with one attached hydrogen (secondary N) is 1. The van der Waals surface area contributed by atoms with Crippen LogP contribution in [0, 0.1) is 0 Å². The fourth-order valence-corrected chi connectivity index (χ4v) is 3.70. The Balaban J connectivity index is 1.69. The number of aromatic nitrogens is 3. The van der Waals surface area contributed by atoms with Crippen molar-refractivity contribution in [3.05, 3.63) is 53.4 Å². The average Bonchev–Trinajstić information content (AvgIpc) is 3.24. The van der Waals surface area contributed by atoms with Gasteiger partial charge in [0, 0.05) is 11.2 Å². The van der Waals surface area contributed by atoms with E-state index in [1.54, 1.807) is 36.5 Å². The van der Waals surface area contributed by atoms with E-state index < -0.39 is 30.1 Å². The predicted octanol–water partition coefficient (Wildman–Crippen LogP) is 1.41. The van der Waals surface area contributed by atoms with Crippen molar-refractivity contribution in [3.63, 3.8) is 0 Å². The van der Waals surface area contributed by atoms with Crippen molar-refractivity contribution in [1.82, 2.24) is 14.5 Å². The minimum absolute atomic E-state index is 0.196. The number of ether oxygens (including phenoxy) is 1. The number of hydrogen-bond donors (Lipinski definition) is 5. The largest absolute Gasteiger partial charge is 0.387 e. The Labute approximate surface area is 164 Å². The highest BCUT2D eigenvalue weighted by Crippen LogP contribution is 2.40. The van der Waals surface area contributed by atoms with Crippen LogP contribution in [0.4, 0.5) is 5.82 Å². The number of nitrogens with zero attached hydrogens (tertiary/aromatic N) is 3. The average molecular weight is 407 g/mol. The second-order valence-electron chi connectivity index (χ2n) is 6.88. The SMILES string of the molecule is C[C@@](O)(c1ccc(Cl)cc1)C1O[C@@H](n2ccc3c(NO)ncnc32)[C@H](O)[C@@H]1O. The molecule has 10 heteroatoms. The third kappa shape index (κ3) is 2.93. The van der Waals surface area contributed by atoms with Gasteiger partial charge in [-0.05, 0) is 30.7 Å². The molecule has 1 saturated heterocycles. The van der Waals surface area contributed by atoms with E-state index in [1.165, 1.54) is 17.8 Å². The van der Waals surface area contributed by atoms with Crippen LogP contribution < -0.4 is 5.48 Å². The smallest absolute Gasteiger partial charge is 0.164 e. The van der Waals surface area contributed by atoms with E-state index in [4.69, 9.17) is 16.3 Å². The molecule has 3 heterocycles. The maximum Gasteiger partial charge on any atom is 0.164 e. The zero-order valence-corrected chi connectivity index (χ0v) is 15.5. The summed E-state index contributed by atoms with van der Waals surface area (Å²) >= 11 is 5.90. The Morgan fingerprint density at radius 1 is 1.14 bits per heavy atom. The number of hydrogen-bond acceptors (Lipinski definition) is 8. The van der Waals surface area contributed by atoms with Crippen LogP contribution in [0.3, 0.4) is 0 Å². The van der Waals surface area contributed by atoms with Crippen LogP contribution >= 0.6 is 11.6 Å². The molecule has 4 rings (SSSR count). The first-order valence-electron chi connectivity index (χ1n) is 8.56. The van der Waals surface area contributed by atoms with Crippen molar-refractivity contribution in [3.8, 4) is 0 Å². The topological polar surface area (TPSA) is 133 Å². The van der Waals surface area contributed by atoms with Crippen molar-refractivity contribution >= 4 is 28.5 Å².